The molecule has 0 fully saturated rings. The van der Waals surface area contributed by atoms with E-state index in [-0.39, 0.29) is 25.8 Å². The van der Waals surface area contributed by atoms with E-state index in [0.29, 0.717) is 22.0 Å². The van der Waals surface area contributed by atoms with Crippen LogP contribution in [0.15, 0.2) is 29.5 Å². The van der Waals surface area contributed by atoms with Gasteiger partial charge in [0.1, 0.15) is 12.4 Å². The Balaban J connectivity index is 2.17. The van der Waals surface area contributed by atoms with E-state index in [1.165, 1.54) is 0 Å². The molecule has 118 valence electrons. The zero-order valence-corrected chi connectivity index (χ0v) is 13.1. The van der Waals surface area contributed by atoms with Gasteiger partial charge in [0.25, 0.3) is 0 Å². The molecular formula is C15H17ClN2O4. The van der Waals surface area contributed by atoms with Crippen LogP contribution in [0, 0.1) is 6.92 Å². The van der Waals surface area contributed by atoms with Crippen LogP contribution in [0.2, 0.25) is 5.02 Å². The van der Waals surface area contributed by atoms with Gasteiger partial charge in [-0.25, -0.2) is 9.59 Å². The molecule has 0 radical (unpaired) electrons. The third-order valence-corrected chi connectivity index (χ3v) is 3.35. The van der Waals surface area contributed by atoms with Crippen LogP contribution < -0.4 is 15.4 Å². The van der Waals surface area contributed by atoms with Crippen molar-refractivity contribution in [1.82, 2.24) is 10.6 Å². The number of ether oxygens (including phenoxy) is 2. The first-order valence-electron chi connectivity index (χ1n) is 6.84. The molecule has 1 aromatic carbocycles. The van der Waals surface area contributed by atoms with Gasteiger partial charge in [-0.2, -0.15) is 0 Å². The molecule has 2 rings (SSSR count). The molecule has 1 heterocycles. The second-order valence-corrected chi connectivity index (χ2v) is 5.12. The molecule has 0 spiro atoms. The van der Waals surface area contributed by atoms with E-state index >= 15 is 0 Å². The van der Waals surface area contributed by atoms with Crippen LogP contribution in [-0.2, 0) is 9.53 Å². The van der Waals surface area contributed by atoms with Crippen molar-refractivity contribution in [1.29, 1.82) is 0 Å². The van der Waals surface area contributed by atoms with Gasteiger partial charge in [0.2, 0.25) is 0 Å². The van der Waals surface area contributed by atoms with Crippen LogP contribution >= 0.6 is 11.6 Å². The first-order chi connectivity index (χ1) is 10.5. The highest BCUT2D eigenvalue weighted by atomic mass is 35.5. The van der Waals surface area contributed by atoms with Crippen molar-refractivity contribution in [2.75, 3.05) is 19.8 Å². The Hall–Kier alpha value is -2.21. The largest absolute Gasteiger partial charge is 0.486 e. The predicted octanol–water partition coefficient (Wildman–Crippen LogP) is 2.16. The summed E-state index contributed by atoms with van der Waals surface area (Å²) in [6, 6.07) is 5.00. The number of urea groups is 1. The average Bonchev–Trinajstić information content (AvgIpc) is 2.48. The summed E-state index contributed by atoms with van der Waals surface area (Å²) in [5.74, 6) is 0.00842. The van der Waals surface area contributed by atoms with Gasteiger partial charge in [-0.3, -0.25) is 0 Å². The maximum atomic E-state index is 11.9. The molecule has 0 atom stereocenters. The van der Waals surface area contributed by atoms with E-state index in [1.807, 2.05) is 13.0 Å². The Morgan fingerprint density at radius 2 is 2.18 bits per heavy atom. The van der Waals surface area contributed by atoms with Crippen molar-refractivity contribution in [2.45, 2.75) is 13.8 Å². The lowest BCUT2D eigenvalue weighted by atomic mass is 10.1. The minimum absolute atomic E-state index is 0.0186. The first kappa shape index (κ1) is 16.2. The Morgan fingerprint density at radius 3 is 2.91 bits per heavy atom. The zero-order chi connectivity index (χ0) is 16.1. The number of hydrogen-bond donors (Lipinski definition) is 2. The van der Waals surface area contributed by atoms with Crippen molar-refractivity contribution >= 4 is 23.6 Å². The first-order valence-corrected chi connectivity index (χ1v) is 7.22. The molecule has 1 aliphatic heterocycles. The molecule has 0 aliphatic carbocycles. The number of rotatable bonds is 5. The predicted molar refractivity (Wildman–Crippen MR) is 81.9 cm³/mol. The van der Waals surface area contributed by atoms with Crippen molar-refractivity contribution in [2.24, 2.45) is 0 Å². The fraction of sp³-hybridized carbons (Fsp3) is 0.333. The van der Waals surface area contributed by atoms with Crippen LogP contribution in [0.25, 0.3) is 0 Å². The molecule has 7 heteroatoms. The van der Waals surface area contributed by atoms with Crippen molar-refractivity contribution < 1.29 is 19.1 Å². The second kappa shape index (κ2) is 7.17. The molecule has 1 aliphatic rings. The monoisotopic (exact) mass is 324 g/mol. The number of carbonyl (C=O) groups is 2. The molecule has 0 bridgehead atoms. The standard InChI is InChI=1S/C15H17ClN2O4/c1-3-21-14(19)10-7-17-15(20)18-12(10)8-22-13-6-9(2)4-5-11(13)16/h4-6H,3,7-8H2,1-2H3,(H2,17,18,20). The summed E-state index contributed by atoms with van der Waals surface area (Å²) in [6.07, 6.45) is 0. The highest BCUT2D eigenvalue weighted by molar-refractivity contribution is 6.32. The van der Waals surface area contributed by atoms with Crippen molar-refractivity contribution in [3.8, 4) is 5.75 Å². The SMILES string of the molecule is CCOC(=O)C1=C(COc2cc(C)ccc2Cl)NC(=O)NC1. The summed E-state index contributed by atoms with van der Waals surface area (Å²) >= 11 is 6.06. The molecule has 0 saturated heterocycles. The molecule has 2 N–H and O–H groups in total. The highest BCUT2D eigenvalue weighted by Crippen LogP contribution is 2.25. The molecule has 2 amide bonds. The number of hydrogen-bond acceptors (Lipinski definition) is 4. The van der Waals surface area contributed by atoms with Gasteiger partial charge in [-0.15, -0.1) is 0 Å². The number of amides is 2. The highest BCUT2D eigenvalue weighted by Gasteiger charge is 2.24. The van der Waals surface area contributed by atoms with Crippen LogP contribution in [0.1, 0.15) is 12.5 Å². The minimum atomic E-state index is -0.482. The summed E-state index contributed by atoms with van der Waals surface area (Å²) in [4.78, 5) is 23.3. The molecule has 22 heavy (non-hydrogen) atoms. The summed E-state index contributed by atoms with van der Waals surface area (Å²) in [7, 11) is 0. The van der Waals surface area contributed by atoms with E-state index in [0.717, 1.165) is 5.56 Å². The third kappa shape index (κ3) is 3.92. The maximum absolute atomic E-state index is 11.9. The van der Waals surface area contributed by atoms with Crippen molar-refractivity contribution in [3.63, 3.8) is 0 Å². The van der Waals surface area contributed by atoms with Gasteiger partial charge in [-0.1, -0.05) is 17.7 Å². The molecule has 0 unspecified atom stereocenters. The van der Waals surface area contributed by atoms with Gasteiger partial charge in [-0.05, 0) is 31.5 Å². The molecule has 6 nitrogen and oxygen atoms in total. The van der Waals surface area contributed by atoms with E-state index in [2.05, 4.69) is 10.6 Å². The topological polar surface area (TPSA) is 76.7 Å². The van der Waals surface area contributed by atoms with Crippen LogP contribution in [-0.4, -0.2) is 31.8 Å². The van der Waals surface area contributed by atoms with Crippen LogP contribution in [0.5, 0.6) is 5.75 Å². The number of esters is 1. The smallest absolute Gasteiger partial charge is 0.337 e. The lowest BCUT2D eigenvalue weighted by molar-refractivity contribution is -0.138. The molecule has 0 saturated carbocycles. The number of benzene rings is 1. The average molecular weight is 325 g/mol. The van der Waals surface area contributed by atoms with E-state index in [9.17, 15) is 9.59 Å². The van der Waals surface area contributed by atoms with E-state index < -0.39 is 5.97 Å². The lowest BCUT2D eigenvalue weighted by Gasteiger charge is -2.21. The maximum Gasteiger partial charge on any atom is 0.337 e. The number of halogens is 1. The van der Waals surface area contributed by atoms with E-state index in [4.69, 9.17) is 21.1 Å². The van der Waals surface area contributed by atoms with Crippen LogP contribution in [0.3, 0.4) is 0 Å². The Morgan fingerprint density at radius 1 is 1.41 bits per heavy atom. The van der Waals surface area contributed by atoms with Gasteiger partial charge < -0.3 is 20.1 Å². The summed E-state index contributed by atoms with van der Waals surface area (Å²) in [5, 5.41) is 5.56. The lowest BCUT2D eigenvalue weighted by Crippen LogP contribution is -2.45. The van der Waals surface area contributed by atoms with Crippen LogP contribution in [0.4, 0.5) is 4.79 Å². The van der Waals surface area contributed by atoms with Gasteiger partial charge in [0.15, 0.2) is 0 Å². The summed E-state index contributed by atoms with van der Waals surface area (Å²) < 4.78 is 10.6. The van der Waals surface area contributed by atoms with Crippen molar-refractivity contribution in [3.05, 3.63) is 40.1 Å². The normalized spacial score (nSPS) is 14.2. The second-order valence-electron chi connectivity index (χ2n) is 4.71. The number of nitrogens with one attached hydrogen (secondary N) is 2. The number of aryl methyl sites for hydroxylation is 1. The Bertz CT molecular complexity index is 628. The Labute approximate surface area is 133 Å². The third-order valence-electron chi connectivity index (χ3n) is 3.03. The minimum Gasteiger partial charge on any atom is -0.486 e. The fourth-order valence-corrected chi connectivity index (χ4v) is 2.11. The van der Waals surface area contributed by atoms with Gasteiger partial charge in [0.05, 0.1) is 29.4 Å². The van der Waals surface area contributed by atoms with Gasteiger partial charge in [0, 0.05) is 0 Å². The quantitative estimate of drug-likeness (QED) is 0.814. The molecular weight excluding hydrogens is 308 g/mol. The van der Waals surface area contributed by atoms with E-state index in [1.54, 1.807) is 19.1 Å². The molecule has 1 aromatic rings. The summed E-state index contributed by atoms with van der Waals surface area (Å²) in [6.45, 7) is 4.01. The van der Waals surface area contributed by atoms with Gasteiger partial charge >= 0.3 is 12.0 Å². The molecule has 0 aromatic heterocycles. The Kier molecular flexibility index (Phi) is 5.27. The fourth-order valence-electron chi connectivity index (χ4n) is 1.94. The summed E-state index contributed by atoms with van der Waals surface area (Å²) in [5.41, 5.74) is 1.71. The number of carbonyl (C=O) groups excluding carboxylic acids is 2. The zero-order valence-electron chi connectivity index (χ0n) is 12.4.